The highest BCUT2D eigenvalue weighted by Gasteiger charge is 2.45. The highest BCUT2D eigenvalue weighted by molar-refractivity contribution is 5.70. The van der Waals surface area contributed by atoms with Crippen molar-refractivity contribution in [2.45, 2.75) is 25.8 Å². The average molecular weight is 427 g/mol. The number of hydrogen-bond acceptors (Lipinski definition) is 7. The van der Waals surface area contributed by atoms with Gasteiger partial charge in [-0.25, -0.2) is 15.0 Å². The van der Waals surface area contributed by atoms with Gasteiger partial charge >= 0.3 is 0 Å². The fraction of sp³-hybridized carbons (Fsp3) is 0.250. The van der Waals surface area contributed by atoms with E-state index in [9.17, 15) is 0 Å². The molecule has 2 unspecified atom stereocenters. The second kappa shape index (κ2) is 7.51. The molecule has 8 nitrogen and oxygen atoms in total. The van der Waals surface area contributed by atoms with Gasteiger partial charge in [-0.1, -0.05) is 30.3 Å². The van der Waals surface area contributed by atoms with E-state index in [1.165, 1.54) is 6.33 Å². The second-order valence-electron chi connectivity index (χ2n) is 8.36. The molecule has 5 rings (SSSR count). The molecule has 0 bridgehead atoms. The number of aryl methyl sites for hydroxylation is 2. The lowest BCUT2D eigenvalue weighted by atomic mass is 10.1. The van der Waals surface area contributed by atoms with Crippen LogP contribution in [0.5, 0.6) is 0 Å². The number of hydrogen-bond donors (Lipinski definition) is 1. The third-order valence-corrected chi connectivity index (χ3v) is 6.18. The molecule has 0 spiro atoms. The third kappa shape index (κ3) is 2.99. The van der Waals surface area contributed by atoms with Crippen LogP contribution in [0.3, 0.4) is 0 Å². The molecule has 1 aliphatic heterocycles. The van der Waals surface area contributed by atoms with Crippen LogP contribution in [0.15, 0.2) is 66.3 Å². The van der Waals surface area contributed by atoms with E-state index >= 15 is 0 Å². The molecule has 2 aromatic heterocycles. The number of aromatic nitrogens is 4. The monoisotopic (exact) mass is 426 g/mol. The van der Waals surface area contributed by atoms with Gasteiger partial charge in [0.05, 0.1) is 17.9 Å². The minimum absolute atomic E-state index is 0.486. The molecule has 0 fully saturated rings. The van der Waals surface area contributed by atoms with Crippen LogP contribution >= 0.6 is 0 Å². The van der Waals surface area contributed by atoms with Crippen molar-refractivity contribution in [3.8, 4) is 0 Å². The zero-order valence-corrected chi connectivity index (χ0v) is 18.6. The number of nitrogens with two attached hydrogens (primary N) is 1. The number of fused-ring (bicyclic) bond motifs is 2. The van der Waals surface area contributed by atoms with Crippen molar-refractivity contribution in [3.63, 3.8) is 0 Å². The number of likely N-dealkylation sites (N-methyl/N-ethyl adjacent to an activating group) is 1. The molecule has 32 heavy (non-hydrogen) atoms. The van der Waals surface area contributed by atoms with Crippen LogP contribution in [0.25, 0.3) is 17.4 Å². The van der Waals surface area contributed by atoms with E-state index < -0.39 is 12.0 Å². The zero-order chi connectivity index (χ0) is 22.5. The van der Waals surface area contributed by atoms with Gasteiger partial charge in [-0.2, -0.15) is 0 Å². The van der Waals surface area contributed by atoms with Crippen molar-refractivity contribution in [3.05, 3.63) is 83.0 Å². The highest BCUT2D eigenvalue weighted by atomic mass is 15.5. The van der Waals surface area contributed by atoms with Gasteiger partial charge in [-0.3, -0.25) is 20.2 Å². The van der Waals surface area contributed by atoms with E-state index in [0.717, 1.165) is 27.4 Å². The van der Waals surface area contributed by atoms with E-state index in [0.29, 0.717) is 11.2 Å². The SMILES string of the molecule is Cc1ccccc1N1C=c2c(C)cccc2=NC1C(N)(N(C)C)n1cnc2cncnc21. The van der Waals surface area contributed by atoms with E-state index in [4.69, 9.17) is 10.7 Å². The number of rotatable bonds is 4. The van der Waals surface area contributed by atoms with E-state index in [-0.39, 0.29) is 0 Å². The number of nitrogens with zero attached hydrogens (tertiary/aromatic N) is 7. The van der Waals surface area contributed by atoms with Gasteiger partial charge in [0.1, 0.15) is 11.8 Å². The van der Waals surface area contributed by atoms with Gasteiger partial charge in [0, 0.05) is 17.1 Å². The number of imidazole rings is 1. The first-order valence-electron chi connectivity index (χ1n) is 10.5. The number of anilines is 1. The molecule has 3 heterocycles. The van der Waals surface area contributed by atoms with E-state index in [1.54, 1.807) is 12.5 Å². The summed E-state index contributed by atoms with van der Waals surface area (Å²) < 4.78 is 1.89. The van der Waals surface area contributed by atoms with Crippen LogP contribution in [0.4, 0.5) is 5.69 Å². The normalized spacial score (nSPS) is 17.6. The molecule has 8 heteroatoms. The van der Waals surface area contributed by atoms with Crippen LogP contribution in [0.2, 0.25) is 0 Å². The Balaban J connectivity index is 1.81. The fourth-order valence-corrected chi connectivity index (χ4v) is 4.30. The summed E-state index contributed by atoms with van der Waals surface area (Å²) in [6.07, 6.45) is 6.59. The first-order chi connectivity index (χ1) is 15.4. The van der Waals surface area contributed by atoms with Crippen molar-refractivity contribution < 1.29 is 0 Å². The molecule has 0 radical (unpaired) electrons. The Morgan fingerprint density at radius 1 is 1.00 bits per heavy atom. The predicted octanol–water partition coefficient (Wildman–Crippen LogP) is 1.48. The van der Waals surface area contributed by atoms with E-state index in [1.807, 2.05) is 47.8 Å². The van der Waals surface area contributed by atoms with Crippen LogP contribution in [0.1, 0.15) is 11.1 Å². The number of para-hydroxylation sites is 1. The van der Waals surface area contributed by atoms with Crippen molar-refractivity contribution in [2.24, 2.45) is 10.7 Å². The maximum Gasteiger partial charge on any atom is 0.194 e. The Bertz CT molecular complexity index is 1420. The molecular weight excluding hydrogens is 400 g/mol. The van der Waals surface area contributed by atoms with Gasteiger partial charge in [0.25, 0.3) is 0 Å². The summed E-state index contributed by atoms with van der Waals surface area (Å²) in [6, 6.07) is 14.4. The minimum atomic E-state index is -1.09. The van der Waals surface area contributed by atoms with Crippen LogP contribution < -0.4 is 21.2 Å². The maximum atomic E-state index is 7.25. The first-order valence-corrected chi connectivity index (χ1v) is 10.5. The molecule has 162 valence electrons. The van der Waals surface area contributed by atoms with Gasteiger partial charge in [0.15, 0.2) is 17.6 Å². The summed E-state index contributed by atoms with van der Waals surface area (Å²) in [4.78, 5) is 22.4. The quantitative estimate of drug-likeness (QED) is 0.497. The van der Waals surface area contributed by atoms with E-state index in [2.05, 4.69) is 58.1 Å². The molecule has 2 N–H and O–H groups in total. The Morgan fingerprint density at radius 3 is 2.56 bits per heavy atom. The maximum absolute atomic E-state index is 7.25. The molecule has 0 saturated heterocycles. The fourth-order valence-electron chi connectivity index (χ4n) is 4.30. The minimum Gasteiger partial charge on any atom is -0.320 e. The van der Waals surface area contributed by atoms with Gasteiger partial charge in [-0.15, -0.1) is 0 Å². The highest BCUT2D eigenvalue weighted by Crippen LogP contribution is 2.32. The van der Waals surface area contributed by atoms with Gasteiger partial charge < -0.3 is 4.90 Å². The Kier molecular flexibility index (Phi) is 4.76. The molecule has 2 aromatic carbocycles. The Hall–Kier alpha value is -3.62. The zero-order valence-electron chi connectivity index (χ0n) is 18.6. The summed E-state index contributed by atoms with van der Waals surface area (Å²) in [5.41, 5.74) is 11.9. The summed E-state index contributed by atoms with van der Waals surface area (Å²) in [5, 5.41) is 2.00. The molecule has 0 saturated carbocycles. The van der Waals surface area contributed by atoms with Crippen LogP contribution in [-0.2, 0) is 5.79 Å². The lowest BCUT2D eigenvalue weighted by Crippen LogP contribution is -2.67. The number of benzene rings is 2. The van der Waals surface area contributed by atoms with Gasteiger partial charge in [0.2, 0.25) is 0 Å². The summed E-state index contributed by atoms with van der Waals surface area (Å²) in [5.74, 6) is -1.09. The molecular formula is C24H26N8. The summed E-state index contributed by atoms with van der Waals surface area (Å²) >= 11 is 0. The predicted molar refractivity (Wildman–Crippen MR) is 125 cm³/mol. The average Bonchev–Trinajstić information content (AvgIpc) is 3.23. The summed E-state index contributed by atoms with van der Waals surface area (Å²) in [7, 11) is 3.90. The van der Waals surface area contributed by atoms with Crippen molar-refractivity contribution in [1.29, 1.82) is 0 Å². The Labute approximate surface area is 186 Å². The van der Waals surface area contributed by atoms with Crippen molar-refractivity contribution >= 4 is 23.1 Å². The van der Waals surface area contributed by atoms with Crippen molar-refractivity contribution in [1.82, 2.24) is 24.4 Å². The lowest BCUT2D eigenvalue weighted by Gasteiger charge is -2.46. The molecule has 4 aromatic rings. The molecule has 0 amide bonds. The Morgan fingerprint density at radius 2 is 1.78 bits per heavy atom. The first kappa shape index (κ1) is 20.3. The molecule has 1 aliphatic rings. The van der Waals surface area contributed by atoms with Crippen molar-refractivity contribution in [2.75, 3.05) is 19.0 Å². The van der Waals surface area contributed by atoms with Crippen LogP contribution in [0, 0.1) is 13.8 Å². The smallest absolute Gasteiger partial charge is 0.194 e. The third-order valence-electron chi connectivity index (χ3n) is 6.18. The summed E-state index contributed by atoms with van der Waals surface area (Å²) in [6.45, 7) is 4.20. The topological polar surface area (TPSA) is 88.5 Å². The standard InChI is InChI=1S/C24H26N8/c1-16-9-7-10-19-18(16)13-31(21-11-6-5-8-17(21)2)23(29-19)24(25,30(3)4)32-15-28-20-12-26-14-27-22(20)32/h5-15,23H,25H2,1-4H3. The second-order valence-corrected chi connectivity index (χ2v) is 8.36. The van der Waals surface area contributed by atoms with Gasteiger partial charge in [-0.05, 0) is 51.2 Å². The molecule has 2 atom stereocenters. The van der Waals surface area contributed by atoms with Crippen LogP contribution in [-0.4, -0.2) is 44.7 Å². The lowest BCUT2D eigenvalue weighted by molar-refractivity contribution is 0.0475. The molecule has 0 aliphatic carbocycles. The largest absolute Gasteiger partial charge is 0.320 e.